The van der Waals surface area contributed by atoms with Crippen molar-refractivity contribution in [1.82, 2.24) is 16.0 Å². The van der Waals surface area contributed by atoms with Crippen molar-refractivity contribution in [2.45, 2.75) is 182 Å². The number of nitrogens with one attached hydrogen (secondary N) is 3. The monoisotopic (exact) mass is 764 g/mol. The van der Waals surface area contributed by atoms with Crippen molar-refractivity contribution in [3.63, 3.8) is 0 Å². The van der Waals surface area contributed by atoms with Gasteiger partial charge in [-0.1, -0.05) is 99.3 Å². The van der Waals surface area contributed by atoms with E-state index in [0.717, 1.165) is 64.2 Å². The van der Waals surface area contributed by atoms with Crippen LogP contribution in [0, 0.1) is 47.3 Å². The largest absolute Gasteiger partial charge is 0.481 e. The topological polar surface area (TPSA) is 199 Å². The molecule has 54 heavy (non-hydrogen) atoms. The SMILES string of the molecule is CCC(C)C1CCCC(NC(=O)CC(CC(=O)NC2CCCC(C(C)CC)C2)C(=O)NC2CCCC(C(C)CC)C2)C1.O=C(O)CC(CC(=O)O)C(=O)O. The van der Waals surface area contributed by atoms with E-state index in [4.69, 9.17) is 15.3 Å². The van der Waals surface area contributed by atoms with Crippen LogP contribution in [0.2, 0.25) is 0 Å². The smallest absolute Gasteiger partial charge is 0.307 e. The van der Waals surface area contributed by atoms with Gasteiger partial charge in [0.25, 0.3) is 0 Å². The number of amides is 3. The molecule has 0 heterocycles. The van der Waals surface area contributed by atoms with E-state index in [1.807, 2.05) is 0 Å². The Morgan fingerprint density at radius 1 is 0.500 bits per heavy atom. The number of carbonyl (C=O) groups is 6. The van der Waals surface area contributed by atoms with E-state index >= 15 is 0 Å². The lowest BCUT2D eigenvalue weighted by molar-refractivity contribution is -0.152. The molecule has 3 rings (SSSR count). The van der Waals surface area contributed by atoms with Crippen molar-refractivity contribution in [3.05, 3.63) is 0 Å². The second-order valence-electron chi connectivity index (χ2n) is 17.0. The van der Waals surface area contributed by atoms with Crippen LogP contribution in [0.4, 0.5) is 0 Å². The summed E-state index contributed by atoms with van der Waals surface area (Å²) in [4.78, 5) is 70.7. The van der Waals surface area contributed by atoms with Crippen LogP contribution in [-0.2, 0) is 28.8 Å². The Morgan fingerprint density at radius 3 is 1.13 bits per heavy atom. The fourth-order valence-electron chi connectivity index (χ4n) is 8.89. The van der Waals surface area contributed by atoms with Crippen LogP contribution in [-0.4, -0.2) is 69.1 Å². The van der Waals surface area contributed by atoms with Crippen LogP contribution < -0.4 is 16.0 Å². The molecule has 3 amide bonds. The molecule has 310 valence electrons. The average molecular weight is 764 g/mol. The van der Waals surface area contributed by atoms with E-state index < -0.39 is 42.6 Å². The highest BCUT2D eigenvalue weighted by molar-refractivity contribution is 5.90. The van der Waals surface area contributed by atoms with Gasteiger partial charge in [0.2, 0.25) is 17.7 Å². The van der Waals surface area contributed by atoms with Gasteiger partial charge in [-0.05, 0) is 74.0 Å². The summed E-state index contributed by atoms with van der Waals surface area (Å²) in [6.45, 7) is 13.7. The molecular formula is C42H73N3O9. The van der Waals surface area contributed by atoms with Gasteiger partial charge in [0.05, 0.1) is 24.7 Å². The summed E-state index contributed by atoms with van der Waals surface area (Å²) in [7, 11) is 0. The van der Waals surface area contributed by atoms with Crippen LogP contribution in [0.15, 0.2) is 0 Å². The Labute approximate surface area is 324 Å². The summed E-state index contributed by atoms with van der Waals surface area (Å²) in [5.74, 6) is -2.35. The van der Waals surface area contributed by atoms with Crippen molar-refractivity contribution in [1.29, 1.82) is 0 Å². The van der Waals surface area contributed by atoms with Gasteiger partial charge >= 0.3 is 17.9 Å². The van der Waals surface area contributed by atoms with Crippen LogP contribution >= 0.6 is 0 Å². The molecule has 9 atom stereocenters. The van der Waals surface area contributed by atoms with Crippen molar-refractivity contribution in [2.24, 2.45) is 47.3 Å². The molecule has 0 aliphatic heterocycles. The first kappa shape index (κ1) is 47.0. The third kappa shape index (κ3) is 17.1. The lowest BCUT2D eigenvalue weighted by Crippen LogP contribution is -2.46. The molecule has 9 unspecified atom stereocenters. The summed E-state index contributed by atoms with van der Waals surface area (Å²) in [6, 6.07) is 0.498. The molecule has 12 heteroatoms. The highest BCUT2D eigenvalue weighted by Crippen LogP contribution is 2.34. The summed E-state index contributed by atoms with van der Waals surface area (Å²) in [5, 5.41) is 34.6. The van der Waals surface area contributed by atoms with Crippen LogP contribution in [0.25, 0.3) is 0 Å². The van der Waals surface area contributed by atoms with Gasteiger partial charge < -0.3 is 31.3 Å². The van der Waals surface area contributed by atoms with Gasteiger partial charge in [0, 0.05) is 31.0 Å². The highest BCUT2D eigenvalue weighted by atomic mass is 16.4. The Kier molecular flexibility index (Phi) is 21.2. The molecule has 0 spiro atoms. The number of carboxylic acid groups (broad SMARTS) is 3. The molecule has 0 aromatic rings. The molecule has 0 saturated heterocycles. The van der Waals surface area contributed by atoms with Gasteiger partial charge in [0.1, 0.15) is 0 Å². The van der Waals surface area contributed by atoms with Gasteiger partial charge in [-0.15, -0.1) is 0 Å². The Bertz CT molecular complexity index is 1150. The van der Waals surface area contributed by atoms with E-state index in [1.54, 1.807) is 0 Å². The predicted octanol–water partition coefficient (Wildman–Crippen LogP) is 7.18. The average Bonchev–Trinajstić information content (AvgIpc) is 3.13. The number of rotatable bonds is 19. The highest BCUT2D eigenvalue weighted by Gasteiger charge is 2.33. The van der Waals surface area contributed by atoms with Crippen LogP contribution in [0.1, 0.15) is 164 Å². The molecule has 3 fully saturated rings. The fourth-order valence-corrected chi connectivity index (χ4v) is 8.89. The molecule has 3 aliphatic carbocycles. The fraction of sp³-hybridized carbons (Fsp3) is 0.857. The van der Waals surface area contributed by atoms with Crippen LogP contribution in [0.3, 0.4) is 0 Å². The van der Waals surface area contributed by atoms with E-state index in [2.05, 4.69) is 57.5 Å². The van der Waals surface area contributed by atoms with Gasteiger partial charge in [-0.2, -0.15) is 0 Å². The molecule has 0 aromatic heterocycles. The van der Waals surface area contributed by atoms with E-state index in [9.17, 15) is 28.8 Å². The number of carboxylic acids is 3. The van der Waals surface area contributed by atoms with Crippen molar-refractivity contribution in [3.8, 4) is 0 Å². The van der Waals surface area contributed by atoms with E-state index in [-0.39, 0.29) is 48.7 Å². The zero-order chi connectivity index (χ0) is 40.4. The first-order valence-corrected chi connectivity index (χ1v) is 21.1. The maximum atomic E-state index is 13.7. The minimum absolute atomic E-state index is 0.0756. The second kappa shape index (κ2) is 24.4. The Morgan fingerprint density at radius 2 is 0.833 bits per heavy atom. The predicted molar refractivity (Wildman–Crippen MR) is 208 cm³/mol. The standard InChI is InChI=1S/C36H65N3O3.C6H8O6/c1-7-24(4)27-13-10-16-31(19-27)37-34(40)22-30(36(42)39-33-18-12-15-29(21-33)26(6)9-3)23-35(41)38-32-17-11-14-28(20-32)25(5)8-2;7-4(8)1-3(6(11)12)2-5(9)10/h24-33H,7-23H2,1-6H3,(H,37,40)(H,38,41)(H,39,42);3H,1-2H2,(H,7,8)(H,9,10)(H,11,12). The Balaban J connectivity index is 0.000000720. The number of carbonyl (C=O) groups excluding carboxylic acids is 3. The maximum absolute atomic E-state index is 13.7. The number of hydrogen-bond donors (Lipinski definition) is 6. The zero-order valence-corrected chi connectivity index (χ0v) is 34.1. The van der Waals surface area contributed by atoms with E-state index in [1.165, 1.54) is 32.1 Å². The Hall–Kier alpha value is -3.18. The molecule has 3 saturated carbocycles. The number of hydrogen-bond acceptors (Lipinski definition) is 6. The summed E-state index contributed by atoms with van der Waals surface area (Å²) < 4.78 is 0. The lowest BCUT2D eigenvalue weighted by Gasteiger charge is -2.35. The van der Waals surface area contributed by atoms with Crippen molar-refractivity contribution in [2.75, 3.05) is 0 Å². The van der Waals surface area contributed by atoms with Gasteiger partial charge in [-0.3, -0.25) is 28.8 Å². The minimum atomic E-state index is -1.40. The molecule has 0 aromatic carbocycles. The normalized spacial score (nSPS) is 26.5. The second-order valence-corrected chi connectivity index (χ2v) is 17.0. The first-order valence-electron chi connectivity index (χ1n) is 21.1. The van der Waals surface area contributed by atoms with Crippen molar-refractivity contribution < 1.29 is 44.1 Å². The third-order valence-electron chi connectivity index (χ3n) is 13.0. The summed E-state index contributed by atoms with van der Waals surface area (Å²) in [5.41, 5.74) is 0. The minimum Gasteiger partial charge on any atom is -0.481 e. The van der Waals surface area contributed by atoms with Gasteiger partial charge in [-0.25, -0.2) is 0 Å². The quantitative estimate of drug-likeness (QED) is 0.0789. The molecule has 0 radical (unpaired) electrons. The van der Waals surface area contributed by atoms with Gasteiger partial charge in [0.15, 0.2) is 0 Å². The zero-order valence-electron chi connectivity index (χ0n) is 34.1. The molecular weight excluding hydrogens is 690 g/mol. The van der Waals surface area contributed by atoms with Crippen LogP contribution in [0.5, 0.6) is 0 Å². The molecule has 0 bridgehead atoms. The van der Waals surface area contributed by atoms with E-state index in [0.29, 0.717) is 35.5 Å². The number of aliphatic carboxylic acids is 3. The lowest BCUT2D eigenvalue weighted by atomic mass is 9.77. The molecule has 3 aliphatic rings. The third-order valence-corrected chi connectivity index (χ3v) is 13.0. The first-order chi connectivity index (χ1) is 25.6. The molecule has 12 nitrogen and oxygen atoms in total. The summed E-state index contributed by atoms with van der Waals surface area (Å²) in [6.07, 6.45) is 15.5. The van der Waals surface area contributed by atoms with Crippen molar-refractivity contribution >= 4 is 35.6 Å². The maximum Gasteiger partial charge on any atom is 0.307 e. The molecule has 6 N–H and O–H groups in total. The summed E-state index contributed by atoms with van der Waals surface area (Å²) >= 11 is 0.